The summed E-state index contributed by atoms with van der Waals surface area (Å²) >= 11 is 0. The minimum Gasteiger partial charge on any atom is -0.392 e. The molecule has 0 spiro atoms. The summed E-state index contributed by atoms with van der Waals surface area (Å²) < 4.78 is 0. The maximum atomic E-state index is 9.59. The van der Waals surface area contributed by atoms with E-state index < -0.39 is 0 Å². The van der Waals surface area contributed by atoms with Crippen molar-refractivity contribution in [2.75, 3.05) is 0 Å². The van der Waals surface area contributed by atoms with Crippen molar-refractivity contribution in [3.8, 4) is 0 Å². The van der Waals surface area contributed by atoms with Crippen molar-refractivity contribution >= 4 is 32.6 Å². The van der Waals surface area contributed by atoms with Crippen LogP contribution >= 0.6 is 0 Å². The van der Waals surface area contributed by atoms with Gasteiger partial charge in [-0.05, 0) is 23.1 Å². The normalized spacial score (nSPS) is 11.6. The molecule has 92 valence electrons. The van der Waals surface area contributed by atoms with E-state index in [9.17, 15) is 5.11 Å². The van der Waals surface area contributed by atoms with Gasteiger partial charge in [0, 0.05) is 21.7 Å². The van der Waals surface area contributed by atoms with Gasteiger partial charge in [0.05, 0.1) is 12.1 Å². The molecule has 2 N–H and O–H groups in total. The van der Waals surface area contributed by atoms with Crippen molar-refractivity contribution in [2.45, 2.75) is 6.61 Å². The second-order valence-electron chi connectivity index (χ2n) is 4.83. The molecular formula is C17H13NO. The number of hydrogen-bond acceptors (Lipinski definition) is 1. The molecule has 0 aliphatic heterocycles. The number of fused-ring (bicyclic) bond motifs is 5. The Labute approximate surface area is 110 Å². The lowest BCUT2D eigenvalue weighted by Crippen LogP contribution is -1.86. The molecule has 0 aliphatic carbocycles. The summed E-state index contributed by atoms with van der Waals surface area (Å²) in [5.74, 6) is 0. The lowest BCUT2D eigenvalue weighted by molar-refractivity contribution is 0.283. The summed E-state index contributed by atoms with van der Waals surface area (Å²) in [5, 5.41) is 14.3. The first kappa shape index (κ1) is 10.6. The highest BCUT2D eigenvalue weighted by Crippen LogP contribution is 2.33. The monoisotopic (exact) mass is 247 g/mol. The van der Waals surface area contributed by atoms with Gasteiger partial charge >= 0.3 is 0 Å². The third-order valence-corrected chi connectivity index (χ3v) is 3.78. The summed E-state index contributed by atoms with van der Waals surface area (Å²) in [6.45, 7) is 0.0654. The van der Waals surface area contributed by atoms with Crippen LogP contribution in [-0.2, 0) is 6.61 Å². The highest BCUT2D eigenvalue weighted by molar-refractivity contribution is 6.17. The number of para-hydroxylation sites is 1. The molecule has 0 atom stereocenters. The van der Waals surface area contributed by atoms with Crippen LogP contribution in [0.5, 0.6) is 0 Å². The minimum absolute atomic E-state index is 0.0654. The number of aliphatic hydroxyl groups is 1. The molecule has 1 heterocycles. The number of nitrogens with one attached hydrogen (secondary N) is 1. The van der Waals surface area contributed by atoms with E-state index in [1.165, 1.54) is 16.2 Å². The number of H-pyrrole nitrogens is 1. The maximum Gasteiger partial charge on any atom is 0.0688 e. The molecule has 19 heavy (non-hydrogen) atoms. The van der Waals surface area contributed by atoms with Crippen LogP contribution in [0.3, 0.4) is 0 Å². The summed E-state index contributed by atoms with van der Waals surface area (Å²) in [5.41, 5.74) is 3.26. The topological polar surface area (TPSA) is 36.0 Å². The van der Waals surface area contributed by atoms with E-state index >= 15 is 0 Å². The summed E-state index contributed by atoms with van der Waals surface area (Å²) in [6.07, 6.45) is 0. The second-order valence-corrected chi connectivity index (χ2v) is 4.83. The zero-order chi connectivity index (χ0) is 12.8. The van der Waals surface area contributed by atoms with Gasteiger partial charge in [-0.1, -0.05) is 42.5 Å². The van der Waals surface area contributed by atoms with Crippen molar-refractivity contribution in [1.82, 2.24) is 4.98 Å². The zero-order valence-corrected chi connectivity index (χ0v) is 10.4. The molecule has 4 aromatic rings. The Balaban J connectivity index is 2.32. The Morgan fingerprint density at radius 1 is 0.789 bits per heavy atom. The molecule has 0 saturated heterocycles. The fraction of sp³-hybridized carbons (Fsp3) is 0.0588. The summed E-state index contributed by atoms with van der Waals surface area (Å²) in [7, 11) is 0. The molecule has 4 rings (SSSR count). The van der Waals surface area contributed by atoms with Crippen LogP contribution in [0.4, 0.5) is 0 Å². The first-order valence-electron chi connectivity index (χ1n) is 6.40. The molecule has 0 saturated carbocycles. The SMILES string of the molecule is OCc1cc2c3ccccc3[nH]c2c2ccccc12. The summed E-state index contributed by atoms with van der Waals surface area (Å²) in [4.78, 5) is 3.49. The lowest BCUT2D eigenvalue weighted by Gasteiger charge is -2.05. The van der Waals surface area contributed by atoms with Gasteiger partial charge in [0.1, 0.15) is 0 Å². The molecule has 3 aromatic carbocycles. The largest absolute Gasteiger partial charge is 0.392 e. The molecular weight excluding hydrogens is 234 g/mol. The Bertz CT molecular complexity index is 905. The van der Waals surface area contributed by atoms with Crippen molar-refractivity contribution in [3.05, 3.63) is 60.2 Å². The highest BCUT2D eigenvalue weighted by atomic mass is 16.3. The average molecular weight is 247 g/mol. The molecule has 0 radical (unpaired) electrons. The first-order chi connectivity index (χ1) is 9.38. The summed E-state index contributed by atoms with van der Waals surface area (Å²) in [6, 6.07) is 18.6. The minimum atomic E-state index is 0.0654. The number of aliphatic hydroxyl groups excluding tert-OH is 1. The Hall–Kier alpha value is -2.32. The number of benzene rings is 3. The fourth-order valence-electron chi connectivity index (χ4n) is 2.89. The molecule has 2 nitrogen and oxygen atoms in total. The van der Waals surface area contributed by atoms with Crippen LogP contribution in [0.2, 0.25) is 0 Å². The van der Waals surface area contributed by atoms with Gasteiger partial charge in [-0.15, -0.1) is 0 Å². The Morgan fingerprint density at radius 3 is 2.26 bits per heavy atom. The van der Waals surface area contributed by atoms with Gasteiger partial charge in [0.2, 0.25) is 0 Å². The van der Waals surface area contributed by atoms with Gasteiger partial charge in [0.15, 0.2) is 0 Å². The van der Waals surface area contributed by atoms with E-state index in [1.54, 1.807) is 0 Å². The quantitative estimate of drug-likeness (QED) is 0.524. The Kier molecular flexibility index (Phi) is 2.14. The van der Waals surface area contributed by atoms with Crippen molar-refractivity contribution in [1.29, 1.82) is 0 Å². The number of hydrogen-bond donors (Lipinski definition) is 2. The second kappa shape index (κ2) is 3.84. The highest BCUT2D eigenvalue weighted by Gasteiger charge is 2.10. The fourth-order valence-corrected chi connectivity index (χ4v) is 2.89. The predicted molar refractivity (Wildman–Crippen MR) is 79.2 cm³/mol. The van der Waals surface area contributed by atoms with E-state index in [1.807, 2.05) is 24.3 Å². The van der Waals surface area contributed by atoms with Gasteiger partial charge in [0.25, 0.3) is 0 Å². The molecule has 0 bridgehead atoms. The number of rotatable bonds is 1. The smallest absolute Gasteiger partial charge is 0.0688 e. The molecule has 0 aliphatic rings. The number of aromatic amines is 1. The van der Waals surface area contributed by atoms with Crippen molar-refractivity contribution in [2.24, 2.45) is 0 Å². The Morgan fingerprint density at radius 2 is 1.47 bits per heavy atom. The van der Waals surface area contributed by atoms with Crippen LogP contribution in [-0.4, -0.2) is 10.1 Å². The van der Waals surface area contributed by atoms with E-state index in [0.29, 0.717) is 0 Å². The van der Waals surface area contributed by atoms with Crippen LogP contribution in [0.15, 0.2) is 54.6 Å². The van der Waals surface area contributed by atoms with Gasteiger partial charge in [-0.2, -0.15) is 0 Å². The third-order valence-electron chi connectivity index (χ3n) is 3.78. The molecule has 0 unspecified atom stereocenters. The van der Waals surface area contributed by atoms with E-state index in [4.69, 9.17) is 0 Å². The van der Waals surface area contributed by atoms with Crippen molar-refractivity contribution < 1.29 is 5.11 Å². The molecule has 0 fully saturated rings. The van der Waals surface area contributed by atoms with E-state index in [0.717, 1.165) is 22.0 Å². The first-order valence-corrected chi connectivity index (χ1v) is 6.40. The van der Waals surface area contributed by atoms with E-state index in [-0.39, 0.29) is 6.61 Å². The van der Waals surface area contributed by atoms with E-state index in [2.05, 4.69) is 35.3 Å². The third kappa shape index (κ3) is 1.41. The van der Waals surface area contributed by atoms with Crippen LogP contribution in [0, 0.1) is 0 Å². The zero-order valence-electron chi connectivity index (χ0n) is 10.4. The van der Waals surface area contributed by atoms with Gasteiger partial charge in [-0.25, -0.2) is 0 Å². The molecule has 1 aromatic heterocycles. The number of aromatic nitrogens is 1. The molecule has 0 amide bonds. The van der Waals surface area contributed by atoms with Crippen LogP contribution in [0.1, 0.15) is 5.56 Å². The standard InChI is InChI=1S/C17H13NO/c19-10-11-9-15-13-6-3-4-8-16(13)18-17(15)14-7-2-1-5-12(11)14/h1-9,18-19H,10H2. The lowest BCUT2D eigenvalue weighted by atomic mass is 10.0. The van der Waals surface area contributed by atoms with Crippen LogP contribution in [0.25, 0.3) is 32.6 Å². The average Bonchev–Trinajstić information content (AvgIpc) is 2.85. The van der Waals surface area contributed by atoms with Crippen molar-refractivity contribution in [3.63, 3.8) is 0 Å². The molecule has 2 heteroatoms. The van der Waals surface area contributed by atoms with Gasteiger partial charge < -0.3 is 10.1 Å². The van der Waals surface area contributed by atoms with Gasteiger partial charge in [-0.3, -0.25) is 0 Å². The predicted octanol–water partition coefficient (Wildman–Crippen LogP) is 3.97. The maximum absolute atomic E-state index is 9.59. The van der Waals surface area contributed by atoms with Crippen LogP contribution < -0.4 is 0 Å².